The first-order valence-electron chi connectivity index (χ1n) is 7.63. The van der Waals surface area contributed by atoms with Crippen LogP contribution in [0.5, 0.6) is 0 Å². The number of nitrogens with one attached hydrogen (secondary N) is 1. The van der Waals surface area contributed by atoms with Gasteiger partial charge in [-0.1, -0.05) is 0 Å². The fraction of sp³-hybridized carbons (Fsp3) is 0.118. The molecule has 1 unspecified atom stereocenters. The fourth-order valence-electron chi connectivity index (χ4n) is 2.73. The number of nitrogens with zero attached hydrogens (tertiary/aromatic N) is 1. The largest absolute Gasteiger partial charge is 0.383 e. The Balaban J connectivity index is 2.23. The van der Waals surface area contributed by atoms with Crippen LogP contribution in [0.4, 0.5) is 35.1 Å². The van der Waals surface area contributed by atoms with Crippen LogP contribution in [0.3, 0.4) is 0 Å². The van der Waals surface area contributed by atoms with Crippen LogP contribution in [-0.2, 0) is 0 Å². The molecule has 154 valence electrons. The van der Waals surface area contributed by atoms with Crippen molar-refractivity contribution in [1.29, 1.82) is 0 Å². The first-order chi connectivity index (χ1) is 13.5. The number of halogens is 8. The smallest absolute Gasteiger partial charge is 0.277 e. The maximum atomic E-state index is 14.0. The first kappa shape index (κ1) is 20.6. The summed E-state index contributed by atoms with van der Waals surface area (Å²) in [5.41, 5.74) is -4.80. The number of aromatic amines is 1. The van der Waals surface area contributed by atoms with Gasteiger partial charge in [0.15, 0.2) is 40.7 Å². The van der Waals surface area contributed by atoms with Gasteiger partial charge in [0.25, 0.3) is 5.56 Å². The van der Waals surface area contributed by atoms with Gasteiger partial charge in [-0.05, 0) is 24.6 Å². The maximum Gasteiger partial charge on any atom is 0.277 e. The van der Waals surface area contributed by atoms with Crippen LogP contribution >= 0.6 is 0 Å². The molecule has 1 atom stereocenters. The molecule has 0 radical (unpaired) electrons. The second-order valence-electron chi connectivity index (χ2n) is 5.91. The quantitative estimate of drug-likeness (QED) is 0.383. The molecule has 29 heavy (non-hydrogen) atoms. The fourth-order valence-corrected chi connectivity index (χ4v) is 2.73. The number of benzene rings is 2. The van der Waals surface area contributed by atoms with Crippen LogP contribution in [0.25, 0.3) is 5.69 Å². The number of rotatable bonds is 3. The highest BCUT2D eigenvalue weighted by Crippen LogP contribution is 2.28. The Morgan fingerprint density at radius 2 is 1.28 bits per heavy atom. The molecule has 0 saturated carbocycles. The SMILES string of the molecule is Cc1[nH]n(-c2c(F)c(F)c(F)c(F)c2F)c(=O)c1C(O)c1cc(F)c(F)c(F)c1. The highest BCUT2D eigenvalue weighted by Gasteiger charge is 2.31. The lowest BCUT2D eigenvalue weighted by Gasteiger charge is -2.10. The highest BCUT2D eigenvalue weighted by molar-refractivity contribution is 5.40. The summed E-state index contributed by atoms with van der Waals surface area (Å²) in [6.45, 7) is 1.08. The second-order valence-corrected chi connectivity index (χ2v) is 5.91. The Morgan fingerprint density at radius 1 is 0.828 bits per heavy atom. The number of aliphatic hydroxyl groups excluding tert-OH is 1. The minimum absolute atomic E-state index is 0.0552. The zero-order chi connectivity index (χ0) is 21.8. The van der Waals surface area contributed by atoms with E-state index in [1.165, 1.54) is 0 Å². The predicted octanol–water partition coefficient (Wildman–Crippen LogP) is 3.67. The van der Waals surface area contributed by atoms with Crippen LogP contribution in [0.1, 0.15) is 22.9 Å². The summed E-state index contributed by atoms with van der Waals surface area (Å²) >= 11 is 0. The van der Waals surface area contributed by atoms with Gasteiger partial charge in [-0.25, -0.2) is 39.8 Å². The van der Waals surface area contributed by atoms with Gasteiger partial charge >= 0.3 is 0 Å². The van der Waals surface area contributed by atoms with E-state index in [1.807, 2.05) is 5.10 Å². The standard InChI is InChI=1S/C17H8F8N2O2/c1-4-8(16(28)5-2-6(18)9(20)7(19)3-5)17(29)27(26-4)15-13(24)11(22)10(21)12(23)14(15)25/h2-3,16,26,28H,1H3. The molecule has 0 aliphatic heterocycles. The number of hydrogen-bond donors (Lipinski definition) is 2. The molecule has 0 bridgehead atoms. The summed E-state index contributed by atoms with van der Waals surface area (Å²) in [5, 5.41) is 12.3. The molecule has 3 rings (SSSR count). The van der Waals surface area contributed by atoms with Crippen molar-refractivity contribution in [3.05, 3.63) is 85.8 Å². The zero-order valence-corrected chi connectivity index (χ0v) is 14.1. The van der Waals surface area contributed by atoms with E-state index in [0.29, 0.717) is 12.1 Å². The summed E-state index contributed by atoms with van der Waals surface area (Å²) in [6.07, 6.45) is -2.12. The zero-order valence-electron chi connectivity index (χ0n) is 14.1. The molecule has 0 aliphatic rings. The molecule has 2 aromatic carbocycles. The summed E-state index contributed by atoms with van der Waals surface area (Å²) in [6, 6.07) is 0.745. The summed E-state index contributed by atoms with van der Waals surface area (Å²) in [4.78, 5) is 12.5. The Labute approximate surface area is 155 Å². The number of aryl methyl sites for hydroxylation is 1. The molecule has 0 amide bonds. The molecular weight excluding hydrogens is 416 g/mol. The topological polar surface area (TPSA) is 58.0 Å². The van der Waals surface area contributed by atoms with Gasteiger partial charge in [0.2, 0.25) is 5.82 Å². The lowest BCUT2D eigenvalue weighted by atomic mass is 10.0. The van der Waals surface area contributed by atoms with E-state index in [9.17, 15) is 45.0 Å². The summed E-state index contributed by atoms with van der Waals surface area (Å²) in [5.74, 6) is -17.0. The van der Waals surface area contributed by atoms with E-state index in [2.05, 4.69) is 0 Å². The van der Waals surface area contributed by atoms with Gasteiger partial charge in [0, 0.05) is 5.69 Å². The molecule has 2 N–H and O–H groups in total. The van der Waals surface area contributed by atoms with Gasteiger partial charge in [-0.15, -0.1) is 0 Å². The Hall–Kier alpha value is -3.15. The molecule has 0 spiro atoms. The molecule has 0 saturated heterocycles. The maximum absolute atomic E-state index is 14.0. The van der Waals surface area contributed by atoms with Gasteiger partial charge in [-0.3, -0.25) is 9.89 Å². The van der Waals surface area contributed by atoms with Gasteiger partial charge in [0.1, 0.15) is 11.8 Å². The Kier molecular flexibility index (Phi) is 4.99. The third-order valence-electron chi connectivity index (χ3n) is 4.12. The van der Waals surface area contributed by atoms with Crippen LogP contribution in [0, 0.1) is 53.5 Å². The normalized spacial score (nSPS) is 12.5. The minimum atomic E-state index is -2.45. The van der Waals surface area contributed by atoms with E-state index < -0.39 is 75.0 Å². The van der Waals surface area contributed by atoms with E-state index >= 15 is 0 Å². The van der Waals surface area contributed by atoms with Crippen molar-refractivity contribution in [2.24, 2.45) is 0 Å². The number of hydrogen-bond acceptors (Lipinski definition) is 2. The summed E-state index contributed by atoms with van der Waals surface area (Å²) in [7, 11) is 0. The molecule has 3 aromatic rings. The number of aromatic nitrogens is 2. The molecule has 1 aromatic heterocycles. The van der Waals surface area contributed by atoms with Gasteiger partial charge < -0.3 is 5.11 Å². The number of H-pyrrole nitrogens is 1. The molecular formula is C17H8F8N2O2. The van der Waals surface area contributed by atoms with E-state index in [-0.39, 0.29) is 10.4 Å². The predicted molar refractivity (Wildman–Crippen MR) is 81.3 cm³/mol. The lowest BCUT2D eigenvalue weighted by molar-refractivity contribution is 0.216. The van der Waals surface area contributed by atoms with E-state index in [0.717, 1.165) is 6.92 Å². The Bertz CT molecular complexity index is 1150. The molecule has 0 aliphatic carbocycles. The number of aliphatic hydroxyl groups is 1. The van der Waals surface area contributed by atoms with Crippen LogP contribution < -0.4 is 5.56 Å². The van der Waals surface area contributed by atoms with Crippen molar-refractivity contribution in [3.8, 4) is 5.69 Å². The second kappa shape index (κ2) is 7.03. The van der Waals surface area contributed by atoms with Crippen LogP contribution in [-0.4, -0.2) is 14.9 Å². The van der Waals surface area contributed by atoms with Crippen molar-refractivity contribution >= 4 is 0 Å². The average Bonchev–Trinajstić information content (AvgIpc) is 2.96. The average molecular weight is 424 g/mol. The van der Waals surface area contributed by atoms with Crippen LogP contribution in [0.15, 0.2) is 16.9 Å². The van der Waals surface area contributed by atoms with E-state index in [1.54, 1.807) is 0 Å². The Morgan fingerprint density at radius 3 is 1.76 bits per heavy atom. The van der Waals surface area contributed by atoms with Crippen molar-refractivity contribution < 1.29 is 40.2 Å². The van der Waals surface area contributed by atoms with Crippen molar-refractivity contribution in [2.75, 3.05) is 0 Å². The van der Waals surface area contributed by atoms with Gasteiger partial charge in [0.05, 0.1) is 5.56 Å². The lowest BCUT2D eigenvalue weighted by Crippen LogP contribution is -2.23. The third kappa shape index (κ3) is 3.09. The molecule has 12 heteroatoms. The molecule has 1 heterocycles. The first-order valence-corrected chi connectivity index (χ1v) is 7.63. The van der Waals surface area contributed by atoms with Crippen molar-refractivity contribution in [3.63, 3.8) is 0 Å². The van der Waals surface area contributed by atoms with Crippen LogP contribution in [0.2, 0.25) is 0 Å². The van der Waals surface area contributed by atoms with Crippen molar-refractivity contribution in [1.82, 2.24) is 9.78 Å². The molecule has 0 fully saturated rings. The summed E-state index contributed by atoms with van der Waals surface area (Å²) < 4.78 is 108. The monoisotopic (exact) mass is 424 g/mol. The van der Waals surface area contributed by atoms with Crippen molar-refractivity contribution in [2.45, 2.75) is 13.0 Å². The van der Waals surface area contributed by atoms with E-state index in [4.69, 9.17) is 0 Å². The van der Waals surface area contributed by atoms with Gasteiger partial charge in [-0.2, -0.15) is 0 Å². The third-order valence-corrected chi connectivity index (χ3v) is 4.12. The molecule has 4 nitrogen and oxygen atoms in total. The highest BCUT2D eigenvalue weighted by atomic mass is 19.2. The minimum Gasteiger partial charge on any atom is -0.383 e.